The molecule has 6 aromatic rings. The van der Waals surface area contributed by atoms with Crippen molar-refractivity contribution in [3.63, 3.8) is 0 Å². The van der Waals surface area contributed by atoms with Gasteiger partial charge in [-0.25, -0.2) is 9.59 Å². The Hall–Kier alpha value is -6.14. The first-order valence-corrected chi connectivity index (χ1v) is 19.5. The van der Waals surface area contributed by atoms with Crippen molar-refractivity contribution in [2.75, 3.05) is 39.6 Å². The molecule has 0 aliphatic heterocycles. The van der Waals surface area contributed by atoms with E-state index in [-0.39, 0.29) is 37.3 Å². The molecule has 6 rings (SSSR count). The molecule has 0 radical (unpaired) electrons. The molecule has 0 spiro atoms. The first-order valence-electron chi connectivity index (χ1n) is 19.5. The van der Waals surface area contributed by atoms with Crippen LogP contribution in [-0.2, 0) is 46.5 Å². The lowest BCUT2D eigenvalue weighted by Gasteiger charge is -2.28. The lowest BCUT2D eigenvalue weighted by molar-refractivity contribution is -0.152. The van der Waals surface area contributed by atoms with Gasteiger partial charge in [-0.05, 0) is 141 Å². The molecule has 0 fully saturated rings. The van der Waals surface area contributed by atoms with E-state index in [0.717, 1.165) is 55.6 Å². The first-order chi connectivity index (χ1) is 28.5. The third-order valence-electron chi connectivity index (χ3n) is 9.25. The minimum atomic E-state index is -0.452. The smallest absolute Gasteiger partial charge is 0.332 e. The molecular weight excluding hydrogens is 745 g/mol. The maximum absolute atomic E-state index is 12.7. The maximum atomic E-state index is 12.7. The number of esters is 2. The summed E-state index contributed by atoms with van der Waals surface area (Å²) in [4.78, 5) is 41.9. The van der Waals surface area contributed by atoms with Gasteiger partial charge in [0.2, 0.25) is 0 Å². The molecule has 0 aliphatic carbocycles. The number of aromatic nitrogens is 4. The van der Waals surface area contributed by atoms with E-state index in [0.29, 0.717) is 26.4 Å². The Morgan fingerprint density at radius 3 is 0.966 bits per heavy atom. The van der Waals surface area contributed by atoms with Gasteiger partial charge in [0.05, 0.1) is 26.4 Å². The molecule has 0 N–H and O–H groups in total. The maximum Gasteiger partial charge on any atom is 0.332 e. The minimum Gasteiger partial charge on any atom is -0.459 e. The van der Waals surface area contributed by atoms with Crippen LogP contribution in [0.2, 0.25) is 0 Å². The minimum absolute atomic E-state index is 0.106. The van der Waals surface area contributed by atoms with Crippen LogP contribution < -0.4 is 0 Å². The lowest BCUT2D eigenvalue weighted by Crippen LogP contribution is -2.32. The number of carbonyl (C=O) groups excluding carboxylic acids is 2. The second-order valence-electron chi connectivity index (χ2n) is 15.9. The fourth-order valence-electron chi connectivity index (χ4n) is 6.31. The van der Waals surface area contributed by atoms with E-state index in [4.69, 9.17) is 23.7 Å². The molecule has 0 bridgehead atoms. The number of hydrogen-bond donors (Lipinski definition) is 0. The van der Waals surface area contributed by atoms with Crippen LogP contribution in [0, 0.1) is 10.8 Å². The summed E-state index contributed by atoms with van der Waals surface area (Å²) in [5.41, 5.74) is 9.01. The van der Waals surface area contributed by atoms with E-state index >= 15 is 0 Å². The van der Waals surface area contributed by atoms with Crippen molar-refractivity contribution in [2.45, 2.75) is 40.9 Å². The van der Waals surface area contributed by atoms with E-state index in [2.05, 4.69) is 32.1 Å². The number of benzene rings is 2. The first kappa shape index (κ1) is 42.5. The SMILES string of the molecule is CC(C)(COCC(=O)OCc1cc(-c2ccncc2)cc(-c2ccncc2)c1)COCC(C)(C)COCC(=O)OCc1cc(-c2ccncc2)cc(-c2ccncc2)c1. The van der Waals surface area contributed by atoms with Crippen molar-refractivity contribution < 1.29 is 33.3 Å². The number of carbonyl (C=O) groups is 2. The van der Waals surface area contributed by atoms with Crippen molar-refractivity contribution in [3.05, 3.63) is 146 Å². The second-order valence-corrected chi connectivity index (χ2v) is 15.9. The Morgan fingerprint density at radius 1 is 0.407 bits per heavy atom. The van der Waals surface area contributed by atoms with Gasteiger partial charge in [0.25, 0.3) is 0 Å². The van der Waals surface area contributed by atoms with Crippen molar-refractivity contribution in [1.29, 1.82) is 0 Å². The van der Waals surface area contributed by atoms with Crippen molar-refractivity contribution in [2.24, 2.45) is 10.8 Å². The molecule has 0 unspecified atom stereocenters. The lowest BCUT2D eigenvalue weighted by atomic mass is 9.94. The van der Waals surface area contributed by atoms with Crippen LogP contribution >= 0.6 is 0 Å². The highest BCUT2D eigenvalue weighted by atomic mass is 16.6. The molecule has 0 saturated heterocycles. The van der Waals surface area contributed by atoms with Crippen LogP contribution in [0.3, 0.4) is 0 Å². The average Bonchev–Trinajstić information content (AvgIpc) is 3.25. The van der Waals surface area contributed by atoms with Crippen LogP contribution in [0.25, 0.3) is 44.5 Å². The van der Waals surface area contributed by atoms with E-state index in [1.165, 1.54) is 0 Å². The number of rotatable bonds is 20. The summed E-state index contributed by atoms with van der Waals surface area (Å²) in [5.74, 6) is -0.905. The molecule has 304 valence electrons. The Bertz CT molecular complexity index is 1980. The largest absolute Gasteiger partial charge is 0.459 e. The third kappa shape index (κ3) is 13.5. The van der Waals surface area contributed by atoms with Crippen molar-refractivity contribution in [3.8, 4) is 44.5 Å². The van der Waals surface area contributed by atoms with Gasteiger partial charge in [-0.15, -0.1) is 0 Å². The Morgan fingerprint density at radius 2 is 0.678 bits per heavy atom. The van der Waals surface area contributed by atoms with Gasteiger partial charge in [-0.1, -0.05) is 27.7 Å². The molecular formula is C48H50N4O7. The Labute approximate surface area is 345 Å². The third-order valence-corrected chi connectivity index (χ3v) is 9.25. The zero-order chi connectivity index (χ0) is 41.5. The van der Waals surface area contributed by atoms with E-state index in [1.54, 1.807) is 49.6 Å². The van der Waals surface area contributed by atoms with Crippen LogP contribution in [-0.4, -0.2) is 71.5 Å². The van der Waals surface area contributed by atoms with Crippen molar-refractivity contribution in [1.82, 2.24) is 19.9 Å². The summed E-state index contributed by atoms with van der Waals surface area (Å²) in [6.07, 6.45) is 14.0. The van der Waals surface area contributed by atoms with Gasteiger partial charge in [-0.3, -0.25) is 19.9 Å². The predicted molar refractivity (Wildman–Crippen MR) is 225 cm³/mol. The number of nitrogens with zero attached hydrogens (tertiary/aromatic N) is 4. The number of ether oxygens (including phenoxy) is 5. The van der Waals surface area contributed by atoms with Crippen LogP contribution in [0.1, 0.15) is 38.8 Å². The second kappa shape index (κ2) is 20.5. The zero-order valence-corrected chi connectivity index (χ0v) is 34.0. The summed E-state index contributed by atoms with van der Waals surface area (Å²) >= 11 is 0. The molecule has 2 aromatic carbocycles. The summed E-state index contributed by atoms with van der Waals surface area (Å²) in [6.45, 7) is 9.28. The fourth-order valence-corrected chi connectivity index (χ4v) is 6.31. The van der Waals surface area contributed by atoms with Crippen LogP contribution in [0.5, 0.6) is 0 Å². The Balaban J connectivity index is 0.899. The van der Waals surface area contributed by atoms with Gasteiger partial charge >= 0.3 is 11.9 Å². The fraction of sp³-hybridized carbons (Fsp3) is 0.292. The highest BCUT2D eigenvalue weighted by Gasteiger charge is 2.24. The summed E-state index contributed by atoms with van der Waals surface area (Å²) in [7, 11) is 0. The van der Waals surface area contributed by atoms with Gasteiger partial charge in [0, 0.05) is 60.4 Å². The molecule has 4 heterocycles. The zero-order valence-electron chi connectivity index (χ0n) is 34.0. The van der Waals surface area contributed by atoms with E-state index in [9.17, 15) is 9.59 Å². The van der Waals surface area contributed by atoms with Crippen LogP contribution in [0.15, 0.2) is 135 Å². The molecule has 59 heavy (non-hydrogen) atoms. The topological polar surface area (TPSA) is 132 Å². The predicted octanol–water partition coefficient (Wildman–Crippen LogP) is 8.82. The quantitative estimate of drug-likeness (QED) is 0.0687. The number of pyridine rings is 4. The molecule has 11 nitrogen and oxygen atoms in total. The van der Waals surface area contributed by atoms with E-state index in [1.807, 2.05) is 100 Å². The number of hydrogen-bond acceptors (Lipinski definition) is 11. The average molecular weight is 795 g/mol. The Kier molecular flexibility index (Phi) is 14.8. The van der Waals surface area contributed by atoms with Crippen molar-refractivity contribution >= 4 is 11.9 Å². The molecule has 0 saturated carbocycles. The molecule has 0 aliphatic rings. The summed E-state index contributed by atoms with van der Waals surface area (Å²) in [5, 5.41) is 0. The van der Waals surface area contributed by atoms with Crippen LogP contribution in [0.4, 0.5) is 0 Å². The van der Waals surface area contributed by atoms with Gasteiger partial charge in [-0.2, -0.15) is 0 Å². The normalized spacial score (nSPS) is 11.6. The summed E-state index contributed by atoms with van der Waals surface area (Å²) in [6, 6.07) is 27.8. The molecule has 4 aromatic heterocycles. The molecule has 11 heteroatoms. The van der Waals surface area contributed by atoms with Gasteiger partial charge in [0.1, 0.15) is 26.4 Å². The highest BCUT2D eigenvalue weighted by Crippen LogP contribution is 2.30. The van der Waals surface area contributed by atoms with E-state index < -0.39 is 11.9 Å². The summed E-state index contributed by atoms with van der Waals surface area (Å²) < 4.78 is 28.8. The molecule has 0 atom stereocenters. The standard InChI is InChI=1S/C48H50N4O7/c1-47(2,31-55-29-45(53)58-27-35-21-41(37-5-13-49-14-6-37)25-42(22-35)38-7-15-50-16-8-38)33-57-34-48(3,4)32-56-30-46(54)59-28-36-23-43(39-9-17-51-18-10-39)26-44(24-36)40-11-19-52-20-12-40/h5-26H,27-34H2,1-4H3. The highest BCUT2D eigenvalue weighted by molar-refractivity contribution is 5.76. The molecule has 0 amide bonds. The van der Waals surface area contributed by atoms with Gasteiger partial charge in [0.15, 0.2) is 0 Å². The van der Waals surface area contributed by atoms with Gasteiger partial charge < -0.3 is 23.7 Å². The monoisotopic (exact) mass is 794 g/mol.